The van der Waals surface area contributed by atoms with Crippen LogP contribution in [0.25, 0.3) is 93.0 Å². The Morgan fingerprint density at radius 2 is 1.13 bits per heavy atom. The van der Waals surface area contributed by atoms with E-state index in [0.29, 0.717) is 17.6 Å². The highest BCUT2D eigenvalue weighted by atomic mass is 32.1. The quantitative estimate of drug-likeness (QED) is 0.184. The molecule has 5 heteroatoms. The zero-order valence-electron chi connectivity index (χ0n) is 29.2. The Bertz CT molecular complexity index is 3100. The Morgan fingerprint density at radius 1 is 0.453 bits per heavy atom. The highest BCUT2D eigenvalue weighted by molar-refractivity contribution is 7.26. The minimum atomic E-state index is -0.108. The summed E-state index contributed by atoms with van der Waals surface area (Å²) in [6, 6.07) is 56.3. The lowest BCUT2D eigenvalue weighted by Gasteiger charge is -2.21. The van der Waals surface area contributed by atoms with E-state index < -0.39 is 0 Å². The second kappa shape index (κ2) is 11.3. The van der Waals surface area contributed by atoms with Crippen molar-refractivity contribution in [2.45, 2.75) is 19.3 Å². The molecular weight excluding hydrogens is 665 g/mol. The fourth-order valence-corrected chi connectivity index (χ4v) is 9.70. The molecule has 0 atom stereocenters. The van der Waals surface area contributed by atoms with Crippen LogP contribution in [0.15, 0.2) is 158 Å². The fourth-order valence-electron chi connectivity index (χ4n) is 8.48. The van der Waals surface area contributed by atoms with E-state index in [9.17, 15) is 0 Å². The molecule has 0 saturated carbocycles. The van der Waals surface area contributed by atoms with Gasteiger partial charge in [0.15, 0.2) is 11.6 Å². The predicted molar refractivity (Wildman–Crippen MR) is 221 cm³/mol. The van der Waals surface area contributed by atoms with E-state index in [1.807, 2.05) is 6.07 Å². The number of benzene rings is 7. The number of rotatable bonds is 4. The van der Waals surface area contributed by atoms with E-state index in [-0.39, 0.29) is 5.41 Å². The predicted octanol–water partition coefficient (Wildman–Crippen LogP) is 12.6. The van der Waals surface area contributed by atoms with Gasteiger partial charge in [0.2, 0.25) is 5.95 Å². The van der Waals surface area contributed by atoms with Gasteiger partial charge in [0, 0.05) is 47.5 Å². The molecule has 0 N–H and O–H groups in total. The lowest BCUT2D eigenvalue weighted by molar-refractivity contribution is 0.661. The number of hydrogen-bond donors (Lipinski definition) is 0. The third-order valence-corrected chi connectivity index (χ3v) is 12.3. The molecule has 3 aromatic heterocycles. The van der Waals surface area contributed by atoms with Gasteiger partial charge in [-0.25, -0.2) is 4.98 Å². The van der Waals surface area contributed by atoms with Crippen molar-refractivity contribution in [1.82, 2.24) is 19.5 Å². The molecule has 0 spiro atoms. The van der Waals surface area contributed by atoms with Gasteiger partial charge >= 0.3 is 0 Å². The fraction of sp³-hybridized carbons (Fsp3) is 0.0625. The van der Waals surface area contributed by atoms with Crippen molar-refractivity contribution in [3.8, 4) is 51.0 Å². The van der Waals surface area contributed by atoms with Crippen molar-refractivity contribution < 1.29 is 0 Å². The number of nitrogens with zero attached hydrogens (tertiary/aromatic N) is 4. The molecule has 0 unspecified atom stereocenters. The largest absolute Gasteiger partial charge is 0.278 e. The second-order valence-corrected chi connectivity index (χ2v) is 15.5. The monoisotopic (exact) mass is 696 g/mol. The van der Waals surface area contributed by atoms with Crippen LogP contribution in [-0.4, -0.2) is 19.5 Å². The number of hydrogen-bond acceptors (Lipinski definition) is 4. The third kappa shape index (κ3) is 4.51. The van der Waals surface area contributed by atoms with E-state index in [1.165, 1.54) is 53.2 Å². The summed E-state index contributed by atoms with van der Waals surface area (Å²) < 4.78 is 4.67. The topological polar surface area (TPSA) is 43.6 Å². The molecule has 7 aromatic carbocycles. The lowest BCUT2D eigenvalue weighted by Crippen LogP contribution is -2.14. The molecule has 0 radical (unpaired) electrons. The van der Waals surface area contributed by atoms with Crippen molar-refractivity contribution in [2.24, 2.45) is 0 Å². The molecule has 1 aliphatic rings. The molecule has 3 heterocycles. The van der Waals surface area contributed by atoms with Crippen molar-refractivity contribution in [3.63, 3.8) is 0 Å². The van der Waals surface area contributed by atoms with Crippen LogP contribution < -0.4 is 0 Å². The van der Waals surface area contributed by atoms with Crippen molar-refractivity contribution >= 4 is 53.3 Å². The Kier molecular flexibility index (Phi) is 6.43. The van der Waals surface area contributed by atoms with Gasteiger partial charge < -0.3 is 0 Å². The summed E-state index contributed by atoms with van der Waals surface area (Å²) >= 11 is 1.79. The average molecular weight is 697 g/mol. The standard InChI is InChI=1S/C48H32N4S/c1-48(2)39-23-9-6-18-32(39)37-28-42-38(27-40(37)48)33-19-7-10-24-41(33)52(42)47-50-45(31-17-12-16-30(26-31)29-14-4-3-5-15-29)49-46(51-47)36-22-13-21-35-34-20-8-11-25-43(34)53-44(35)36/h3-28H,1-2H3. The summed E-state index contributed by atoms with van der Waals surface area (Å²) in [5.74, 6) is 1.90. The molecule has 10 aromatic rings. The minimum Gasteiger partial charge on any atom is -0.278 e. The molecule has 250 valence electrons. The van der Waals surface area contributed by atoms with Gasteiger partial charge in [0.05, 0.1) is 11.0 Å². The Hall–Kier alpha value is -6.43. The molecule has 0 saturated heterocycles. The lowest BCUT2D eigenvalue weighted by atomic mass is 9.82. The maximum atomic E-state index is 5.39. The summed E-state index contributed by atoms with van der Waals surface area (Å²) in [6.45, 7) is 4.68. The molecule has 11 rings (SSSR count). The normalized spacial score (nSPS) is 13.2. The summed E-state index contributed by atoms with van der Waals surface area (Å²) in [4.78, 5) is 16.0. The first kappa shape index (κ1) is 30.2. The number of fused-ring (bicyclic) bond motifs is 9. The van der Waals surface area contributed by atoms with Gasteiger partial charge in [-0.2, -0.15) is 9.97 Å². The van der Waals surface area contributed by atoms with Crippen LogP contribution in [0.3, 0.4) is 0 Å². The van der Waals surface area contributed by atoms with E-state index in [0.717, 1.165) is 33.3 Å². The Balaban J connectivity index is 1.21. The highest BCUT2D eigenvalue weighted by Gasteiger charge is 2.36. The molecule has 0 aliphatic heterocycles. The second-order valence-electron chi connectivity index (χ2n) is 14.4. The SMILES string of the molecule is CC1(C)c2ccccc2-c2cc3c(cc21)c1ccccc1n3-c1nc(-c2cccc(-c3ccccc3)c2)nc(-c2cccc3c2sc2ccccc23)n1. The van der Waals surface area contributed by atoms with Gasteiger partial charge in [-0.1, -0.05) is 135 Å². The van der Waals surface area contributed by atoms with Crippen LogP contribution in [0.5, 0.6) is 0 Å². The highest BCUT2D eigenvalue weighted by Crippen LogP contribution is 2.51. The molecule has 1 aliphatic carbocycles. The molecule has 53 heavy (non-hydrogen) atoms. The van der Waals surface area contributed by atoms with Crippen LogP contribution in [0.4, 0.5) is 0 Å². The van der Waals surface area contributed by atoms with Crippen molar-refractivity contribution in [3.05, 3.63) is 169 Å². The molecule has 0 bridgehead atoms. The summed E-state index contributed by atoms with van der Waals surface area (Å²) in [6.07, 6.45) is 0. The van der Waals surface area contributed by atoms with E-state index in [1.54, 1.807) is 11.3 Å². The van der Waals surface area contributed by atoms with Crippen LogP contribution in [0, 0.1) is 0 Å². The van der Waals surface area contributed by atoms with Crippen molar-refractivity contribution in [1.29, 1.82) is 0 Å². The first-order chi connectivity index (χ1) is 26.0. The van der Waals surface area contributed by atoms with Crippen LogP contribution in [-0.2, 0) is 5.41 Å². The van der Waals surface area contributed by atoms with Crippen molar-refractivity contribution in [2.75, 3.05) is 0 Å². The number of para-hydroxylation sites is 1. The average Bonchev–Trinajstić information content (AvgIpc) is 3.83. The molecule has 0 fully saturated rings. The molecule has 4 nitrogen and oxygen atoms in total. The van der Waals surface area contributed by atoms with E-state index in [4.69, 9.17) is 15.0 Å². The molecule has 0 amide bonds. The maximum absolute atomic E-state index is 5.39. The summed E-state index contributed by atoms with van der Waals surface area (Å²) in [5.41, 5.74) is 11.5. The maximum Gasteiger partial charge on any atom is 0.238 e. The van der Waals surface area contributed by atoms with Gasteiger partial charge in [-0.15, -0.1) is 11.3 Å². The number of aromatic nitrogens is 4. The number of thiophene rings is 1. The minimum absolute atomic E-state index is 0.108. The van der Waals surface area contributed by atoms with Gasteiger partial charge in [-0.3, -0.25) is 4.57 Å². The van der Waals surface area contributed by atoms with Gasteiger partial charge in [0.1, 0.15) is 0 Å². The zero-order chi connectivity index (χ0) is 35.3. The Labute approximate surface area is 310 Å². The van der Waals surface area contributed by atoms with Gasteiger partial charge in [-0.05, 0) is 69.8 Å². The van der Waals surface area contributed by atoms with E-state index >= 15 is 0 Å². The summed E-state index contributed by atoms with van der Waals surface area (Å²) in [7, 11) is 0. The van der Waals surface area contributed by atoms with Crippen LogP contribution in [0.2, 0.25) is 0 Å². The van der Waals surface area contributed by atoms with Crippen LogP contribution in [0.1, 0.15) is 25.0 Å². The Morgan fingerprint density at radius 3 is 2.04 bits per heavy atom. The third-order valence-electron chi connectivity index (χ3n) is 11.1. The summed E-state index contributed by atoms with van der Waals surface area (Å²) in [5, 5.41) is 4.84. The molecular formula is C48H32N4S. The first-order valence-electron chi connectivity index (χ1n) is 18.0. The van der Waals surface area contributed by atoms with Crippen LogP contribution >= 0.6 is 11.3 Å². The first-order valence-corrected chi connectivity index (χ1v) is 18.9. The smallest absolute Gasteiger partial charge is 0.238 e. The zero-order valence-corrected chi connectivity index (χ0v) is 30.0. The van der Waals surface area contributed by atoms with Gasteiger partial charge in [0.25, 0.3) is 0 Å². The van der Waals surface area contributed by atoms with E-state index in [2.05, 4.69) is 170 Å².